The van der Waals surface area contributed by atoms with Crippen molar-refractivity contribution < 1.29 is 31.2 Å². The molecule has 1 N–H and O–H groups in total. The van der Waals surface area contributed by atoms with Gasteiger partial charge < -0.3 is 10.2 Å². The van der Waals surface area contributed by atoms with E-state index in [1.807, 2.05) is 44.2 Å². The number of nitrogens with zero attached hydrogens (tertiary/aromatic N) is 2. The van der Waals surface area contributed by atoms with Crippen molar-refractivity contribution in [3.63, 3.8) is 0 Å². The summed E-state index contributed by atoms with van der Waals surface area (Å²) in [5.74, 6) is -1.09. The molecular formula is C30H33ClF3N3O4S. The number of amides is 2. The topological polar surface area (TPSA) is 86.8 Å². The Kier molecular flexibility index (Phi) is 11.0. The molecule has 1 unspecified atom stereocenters. The van der Waals surface area contributed by atoms with Gasteiger partial charge in [-0.05, 0) is 55.2 Å². The Morgan fingerprint density at radius 3 is 2.10 bits per heavy atom. The van der Waals surface area contributed by atoms with Crippen LogP contribution >= 0.6 is 11.6 Å². The summed E-state index contributed by atoms with van der Waals surface area (Å²) in [6.45, 7) is 4.86. The Balaban J connectivity index is 2.06. The van der Waals surface area contributed by atoms with Crippen LogP contribution in [-0.2, 0) is 32.2 Å². The second kappa shape index (κ2) is 14.1. The van der Waals surface area contributed by atoms with Crippen molar-refractivity contribution in [2.45, 2.75) is 44.3 Å². The van der Waals surface area contributed by atoms with E-state index >= 15 is 0 Å². The number of halogens is 4. The number of carbonyl (C=O) groups excluding carboxylic acids is 2. The van der Waals surface area contributed by atoms with E-state index in [9.17, 15) is 31.2 Å². The number of hydrogen-bond donors (Lipinski definition) is 1. The average Bonchev–Trinajstić information content (AvgIpc) is 2.95. The molecule has 3 rings (SSSR count). The second-order valence-electron chi connectivity index (χ2n) is 10.1. The van der Waals surface area contributed by atoms with Crippen LogP contribution in [0.5, 0.6) is 0 Å². The Morgan fingerprint density at radius 1 is 0.929 bits per heavy atom. The van der Waals surface area contributed by atoms with Gasteiger partial charge in [-0.1, -0.05) is 74.0 Å². The van der Waals surface area contributed by atoms with Crippen LogP contribution in [0.2, 0.25) is 5.02 Å². The molecule has 1 atom stereocenters. The third-order valence-corrected chi connectivity index (χ3v) is 8.58. The van der Waals surface area contributed by atoms with Crippen LogP contribution < -0.4 is 9.62 Å². The van der Waals surface area contributed by atoms with Crippen LogP contribution in [0.1, 0.15) is 31.9 Å². The highest BCUT2D eigenvalue weighted by Gasteiger charge is 2.36. The molecule has 0 saturated heterocycles. The van der Waals surface area contributed by atoms with Crippen LogP contribution in [-0.4, -0.2) is 50.8 Å². The van der Waals surface area contributed by atoms with Gasteiger partial charge in [0.05, 0.1) is 21.2 Å². The van der Waals surface area contributed by atoms with Crippen LogP contribution in [0, 0.1) is 5.92 Å². The van der Waals surface area contributed by atoms with Crippen LogP contribution in [0.15, 0.2) is 83.8 Å². The van der Waals surface area contributed by atoms with Crippen molar-refractivity contribution in [2.75, 3.05) is 23.9 Å². The summed E-state index contributed by atoms with van der Waals surface area (Å²) in [4.78, 5) is 27.9. The van der Waals surface area contributed by atoms with E-state index in [0.717, 1.165) is 17.7 Å². The smallest absolute Gasteiger partial charge is 0.354 e. The number of sulfonamides is 1. The number of carbonyl (C=O) groups is 2. The van der Waals surface area contributed by atoms with Gasteiger partial charge in [-0.15, -0.1) is 0 Å². The van der Waals surface area contributed by atoms with Crippen LogP contribution in [0.25, 0.3) is 0 Å². The maximum absolute atomic E-state index is 13.9. The lowest BCUT2D eigenvalue weighted by molar-refractivity contribution is -0.138. The molecule has 0 bridgehead atoms. The maximum Gasteiger partial charge on any atom is 0.416 e. The lowest BCUT2D eigenvalue weighted by Crippen LogP contribution is -2.52. The minimum Gasteiger partial charge on any atom is -0.354 e. The molecular weight excluding hydrogens is 591 g/mol. The van der Waals surface area contributed by atoms with Crippen LogP contribution in [0.4, 0.5) is 18.9 Å². The molecule has 2 amide bonds. The van der Waals surface area contributed by atoms with Crippen molar-refractivity contribution >= 4 is 39.1 Å². The molecule has 0 saturated carbocycles. The summed E-state index contributed by atoms with van der Waals surface area (Å²) < 4.78 is 69.1. The predicted octanol–water partition coefficient (Wildman–Crippen LogP) is 5.79. The van der Waals surface area contributed by atoms with Gasteiger partial charge in [-0.3, -0.25) is 13.9 Å². The number of alkyl halides is 3. The Bertz CT molecular complexity index is 1470. The van der Waals surface area contributed by atoms with E-state index in [1.165, 1.54) is 36.1 Å². The first-order valence-electron chi connectivity index (χ1n) is 13.3. The second-order valence-corrected chi connectivity index (χ2v) is 12.4. The highest BCUT2D eigenvalue weighted by Crippen LogP contribution is 2.37. The quantitative estimate of drug-likeness (QED) is 0.277. The van der Waals surface area contributed by atoms with Gasteiger partial charge in [0.1, 0.15) is 12.6 Å². The third-order valence-electron chi connectivity index (χ3n) is 6.49. The van der Waals surface area contributed by atoms with E-state index in [0.29, 0.717) is 23.3 Å². The first kappa shape index (κ1) is 32.9. The van der Waals surface area contributed by atoms with Crippen molar-refractivity contribution in [1.29, 1.82) is 0 Å². The number of anilines is 1. The molecule has 3 aromatic rings. The summed E-state index contributed by atoms with van der Waals surface area (Å²) in [6.07, 6.45) is -4.44. The minimum atomic E-state index is -4.80. The zero-order valence-corrected chi connectivity index (χ0v) is 25.0. The van der Waals surface area contributed by atoms with Gasteiger partial charge in [0.2, 0.25) is 11.8 Å². The summed E-state index contributed by atoms with van der Waals surface area (Å²) in [5, 5.41) is 2.48. The lowest BCUT2D eigenvalue weighted by Gasteiger charge is -2.32. The summed E-state index contributed by atoms with van der Waals surface area (Å²) in [7, 11) is -4.57. The first-order chi connectivity index (χ1) is 19.7. The Hall–Kier alpha value is -3.57. The fraction of sp³-hybridized carbons (Fsp3) is 0.333. The molecule has 0 aromatic heterocycles. The monoisotopic (exact) mass is 623 g/mol. The summed E-state index contributed by atoms with van der Waals surface area (Å²) >= 11 is 6.26. The molecule has 42 heavy (non-hydrogen) atoms. The number of hydrogen-bond acceptors (Lipinski definition) is 4. The molecule has 0 heterocycles. The molecule has 7 nitrogen and oxygen atoms in total. The van der Waals surface area contributed by atoms with Crippen molar-refractivity contribution in [1.82, 2.24) is 10.2 Å². The molecule has 3 aromatic carbocycles. The molecule has 0 spiro atoms. The van der Waals surface area contributed by atoms with Gasteiger partial charge in [-0.25, -0.2) is 8.42 Å². The van der Waals surface area contributed by atoms with E-state index in [4.69, 9.17) is 11.6 Å². The predicted molar refractivity (Wildman–Crippen MR) is 157 cm³/mol. The van der Waals surface area contributed by atoms with Gasteiger partial charge in [0.15, 0.2) is 0 Å². The van der Waals surface area contributed by atoms with Crippen molar-refractivity contribution in [3.05, 3.63) is 95.0 Å². The van der Waals surface area contributed by atoms with Crippen molar-refractivity contribution in [3.8, 4) is 0 Å². The largest absolute Gasteiger partial charge is 0.416 e. The standard InChI is InChI=1S/C30H33ClF3N3O4S/c1-21(2)19-35-29(39)22(3)36(17-16-23-10-6-4-7-11-23)28(38)20-37(42(40,41)25-12-8-5-9-13-25)27-18-24(30(32,33)34)14-15-26(27)31/h4-15,18,21-22H,16-17,19-20H2,1-3H3,(H,35,39). The highest BCUT2D eigenvalue weighted by atomic mass is 35.5. The average molecular weight is 624 g/mol. The van der Waals surface area contributed by atoms with Gasteiger partial charge in [0, 0.05) is 13.1 Å². The molecule has 0 fully saturated rings. The van der Waals surface area contributed by atoms with E-state index in [-0.39, 0.29) is 22.4 Å². The number of benzene rings is 3. The van der Waals surface area contributed by atoms with Gasteiger partial charge in [-0.2, -0.15) is 13.2 Å². The van der Waals surface area contributed by atoms with Crippen LogP contribution in [0.3, 0.4) is 0 Å². The molecule has 0 aliphatic rings. The zero-order chi connectivity index (χ0) is 31.1. The number of rotatable bonds is 12. The fourth-order valence-electron chi connectivity index (χ4n) is 4.14. The van der Waals surface area contributed by atoms with Gasteiger partial charge >= 0.3 is 6.18 Å². The normalized spacial score (nSPS) is 12.6. The van der Waals surface area contributed by atoms with E-state index < -0.39 is 51.9 Å². The highest BCUT2D eigenvalue weighted by molar-refractivity contribution is 7.92. The zero-order valence-electron chi connectivity index (χ0n) is 23.4. The molecule has 0 aliphatic heterocycles. The van der Waals surface area contributed by atoms with E-state index in [2.05, 4.69) is 5.32 Å². The molecule has 0 radical (unpaired) electrons. The maximum atomic E-state index is 13.9. The molecule has 226 valence electrons. The molecule has 0 aliphatic carbocycles. The molecule has 12 heteroatoms. The minimum absolute atomic E-state index is 0.0503. The fourth-order valence-corrected chi connectivity index (χ4v) is 5.85. The number of nitrogens with one attached hydrogen (secondary N) is 1. The van der Waals surface area contributed by atoms with Crippen molar-refractivity contribution in [2.24, 2.45) is 5.92 Å². The summed E-state index contributed by atoms with van der Waals surface area (Å²) in [6, 6.07) is 17.5. The third kappa shape index (κ3) is 8.48. The van der Waals surface area contributed by atoms with Gasteiger partial charge in [0.25, 0.3) is 10.0 Å². The lowest BCUT2D eigenvalue weighted by atomic mass is 10.1. The SMILES string of the molecule is CC(C)CNC(=O)C(C)N(CCc1ccccc1)C(=O)CN(c1cc(C(F)(F)F)ccc1Cl)S(=O)(=O)c1ccccc1. The van der Waals surface area contributed by atoms with E-state index in [1.54, 1.807) is 6.07 Å². The Labute approximate surface area is 249 Å². The first-order valence-corrected chi connectivity index (χ1v) is 15.1. The summed E-state index contributed by atoms with van der Waals surface area (Å²) in [5.41, 5.74) is -0.770. The Morgan fingerprint density at radius 2 is 1.52 bits per heavy atom.